The fraction of sp³-hybridized carbons (Fsp3) is 0.429. The number of Topliss-reactive ketones (excluding diaryl/α,β-unsaturated/α-hetero) is 1. The van der Waals surface area contributed by atoms with Gasteiger partial charge < -0.3 is 4.74 Å². The van der Waals surface area contributed by atoms with Crippen LogP contribution in [0.1, 0.15) is 24.3 Å². The number of benzene rings is 1. The maximum Gasteiger partial charge on any atom is 0.159 e. The van der Waals surface area contributed by atoms with Gasteiger partial charge in [-0.2, -0.15) is 5.26 Å². The molecule has 0 radical (unpaired) electrons. The number of carbonyl (C=O) groups excluding carboxylic acids is 1. The average molecular weight is 282 g/mol. The molecule has 19 heavy (non-hydrogen) atoms. The molecule has 1 aromatic rings. The molecule has 0 spiro atoms. The Hall–Kier alpha value is -1.44. The van der Waals surface area contributed by atoms with Crippen LogP contribution in [0.15, 0.2) is 18.2 Å². The molecular weight excluding hydrogens is 269 g/mol. The first-order chi connectivity index (χ1) is 9.15. The molecule has 0 amide bonds. The second-order valence-corrected chi connectivity index (χ2v) is 4.93. The molecule has 1 aromatic carbocycles. The summed E-state index contributed by atoms with van der Waals surface area (Å²) in [7, 11) is 0. The molecule has 0 aliphatic carbocycles. The fourth-order valence-corrected chi connectivity index (χ4v) is 2.41. The normalized spacial score (nSPS) is 20.6. The Balaban J connectivity index is 2.27. The molecule has 2 rings (SSSR count). The van der Waals surface area contributed by atoms with Crippen molar-refractivity contribution in [2.75, 3.05) is 13.2 Å². The van der Waals surface area contributed by atoms with Crippen LogP contribution in [0.25, 0.3) is 0 Å². The first-order valence-electron chi connectivity index (χ1n) is 6.10. The van der Waals surface area contributed by atoms with Crippen LogP contribution in [0, 0.1) is 23.1 Å². The number of nitrogens with zero attached hydrogens (tertiary/aromatic N) is 1. The number of carbonyl (C=O) groups is 1. The van der Waals surface area contributed by atoms with E-state index in [-0.39, 0.29) is 22.3 Å². The van der Waals surface area contributed by atoms with E-state index >= 15 is 0 Å². The van der Waals surface area contributed by atoms with Crippen LogP contribution < -0.4 is 0 Å². The summed E-state index contributed by atoms with van der Waals surface area (Å²) in [6.45, 7) is 0.936. The van der Waals surface area contributed by atoms with Crippen molar-refractivity contribution >= 4 is 17.4 Å². The van der Waals surface area contributed by atoms with Gasteiger partial charge in [0, 0.05) is 18.1 Å². The summed E-state index contributed by atoms with van der Waals surface area (Å²) < 4.78 is 19.1. The van der Waals surface area contributed by atoms with E-state index in [2.05, 4.69) is 0 Å². The molecule has 2 atom stereocenters. The number of nitriles is 1. The van der Waals surface area contributed by atoms with Crippen LogP contribution >= 0.6 is 11.6 Å². The van der Waals surface area contributed by atoms with Crippen LogP contribution in [-0.4, -0.2) is 19.0 Å². The number of halogens is 2. The predicted molar refractivity (Wildman–Crippen MR) is 68.3 cm³/mol. The van der Waals surface area contributed by atoms with Gasteiger partial charge in [0.2, 0.25) is 0 Å². The molecule has 0 bridgehead atoms. The quantitative estimate of drug-likeness (QED) is 0.855. The summed E-state index contributed by atoms with van der Waals surface area (Å²) in [5, 5.41) is 9.10. The molecule has 0 N–H and O–H groups in total. The predicted octanol–water partition coefficient (Wildman–Crippen LogP) is 3.08. The SMILES string of the molecule is N#CC(C(=O)C1CCCOC1)c1cccc(Cl)c1F. The van der Waals surface area contributed by atoms with Crippen molar-refractivity contribution in [1.29, 1.82) is 5.26 Å². The standard InChI is InChI=1S/C14H13ClFNO2/c15-12-5-1-4-10(13(12)16)11(7-17)14(18)9-3-2-6-19-8-9/h1,4-5,9,11H,2-3,6,8H2. The first-order valence-corrected chi connectivity index (χ1v) is 6.48. The first kappa shape index (κ1) is 14.0. The van der Waals surface area contributed by atoms with E-state index in [1.807, 2.05) is 6.07 Å². The van der Waals surface area contributed by atoms with Crippen molar-refractivity contribution in [2.45, 2.75) is 18.8 Å². The summed E-state index contributed by atoms with van der Waals surface area (Å²) in [5.74, 6) is -2.44. The molecular formula is C14H13ClFNO2. The third kappa shape index (κ3) is 2.94. The summed E-state index contributed by atoms with van der Waals surface area (Å²) in [6.07, 6.45) is 1.46. The number of ketones is 1. The average Bonchev–Trinajstić information content (AvgIpc) is 2.45. The second kappa shape index (κ2) is 6.14. The van der Waals surface area contributed by atoms with Crippen LogP contribution in [-0.2, 0) is 9.53 Å². The van der Waals surface area contributed by atoms with Gasteiger partial charge in [0.05, 0.1) is 17.7 Å². The van der Waals surface area contributed by atoms with Gasteiger partial charge >= 0.3 is 0 Å². The zero-order chi connectivity index (χ0) is 13.8. The van der Waals surface area contributed by atoms with Gasteiger partial charge in [0.25, 0.3) is 0 Å². The van der Waals surface area contributed by atoms with E-state index in [4.69, 9.17) is 16.3 Å². The third-order valence-corrected chi connectivity index (χ3v) is 3.56. The number of hydrogen-bond donors (Lipinski definition) is 0. The highest BCUT2D eigenvalue weighted by molar-refractivity contribution is 6.30. The van der Waals surface area contributed by atoms with Gasteiger partial charge in [-0.05, 0) is 18.9 Å². The van der Waals surface area contributed by atoms with Crippen LogP contribution in [0.3, 0.4) is 0 Å². The lowest BCUT2D eigenvalue weighted by molar-refractivity contribution is -0.127. The molecule has 5 heteroatoms. The minimum absolute atomic E-state index is 0.0468. The van der Waals surface area contributed by atoms with Crippen LogP contribution in [0.2, 0.25) is 5.02 Å². The summed E-state index contributed by atoms with van der Waals surface area (Å²) in [5.41, 5.74) is 0.0468. The van der Waals surface area contributed by atoms with Crippen LogP contribution in [0.5, 0.6) is 0 Å². The van der Waals surface area contributed by atoms with Gasteiger partial charge in [-0.1, -0.05) is 23.7 Å². The van der Waals surface area contributed by atoms with E-state index in [1.54, 1.807) is 0 Å². The molecule has 2 unspecified atom stereocenters. The minimum atomic E-state index is -1.12. The van der Waals surface area contributed by atoms with Gasteiger partial charge in [-0.3, -0.25) is 4.79 Å². The van der Waals surface area contributed by atoms with Crippen molar-refractivity contribution in [3.63, 3.8) is 0 Å². The van der Waals surface area contributed by atoms with Gasteiger partial charge in [0.15, 0.2) is 5.78 Å². The summed E-state index contributed by atoms with van der Waals surface area (Å²) >= 11 is 5.68. The van der Waals surface area contributed by atoms with E-state index in [0.717, 1.165) is 6.42 Å². The monoisotopic (exact) mass is 281 g/mol. The van der Waals surface area contributed by atoms with Gasteiger partial charge in [-0.25, -0.2) is 4.39 Å². The van der Waals surface area contributed by atoms with E-state index < -0.39 is 11.7 Å². The van der Waals surface area contributed by atoms with Crippen molar-refractivity contribution in [3.8, 4) is 6.07 Å². The third-order valence-electron chi connectivity index (χ3n) is 3.27. The fourth-order valence-electron chi connectivity index (χ4n) is 2.23. The number of hydrogen-bond acceptors (Lipinski definition) is 3. The molecule has 100 valence electrons. The van der Waals surface area contributed by atoms with Crippen molar-refractivity contribution < 1.29 is 13.9 Å². The lowest BCUT2D eigenvalue weighted by Gasteiger charge is -2.23. The van der Waals surface area contributed by atoms with E-state index in [0.29, 0.717) is 19.6 Å². The molecule has 1 aliphatic heterocycles. The van der Waals surface area contributed by atoms with E-state index in [9.17, 15) is 14.4 Å². The Bertz CT molecular complexity index is 521. The maximum atomic E-state index is 13.9. The van der Waals surface area contributed by atoms with Gasteiger partial charge in [0.1, 0.15) is 11.7 Å². The lowest BCUT2D eigenvalue weighted by Crippen LogP contribution is -2.29. The Labute approximate surface area is 115 Å². The molecule has 1 fully saturated rings. The van der Waals surface area contributed by atoms with Crippen LogP contribution in [0.4, 0.5) is 4.39 Å². The Morgan fingerprint density at radius 3 is 3.00 bits per heavy atom. The highest BCUT2D eigenvalue weighted by atomic mass is 35.5. The maximum absolute atomic E-state index is 13.9. The number of ether oxygens (including phenoxy) is 1. The highest BCUT2D eigenvalue weighted by Crippen LogP contribution is 2.29. The smallest absolute Gasteiger partial charge is 0.159 e. The van der Waals surface area contributed by atoms with Crippen molar-refractivity contribution in [1.82, 2.24) is 0 Å². The summed E-state index contributed by atoms with van der Waals surface area (Å²) in [6, 6.07) is 6.24. The lowest BCUT2D eigenvalue weighted by atomic mass is 9.85. The molecule has 0 aromatic heterocycles. The Kier molecular flexibility index (Phi) is 4.52. The Morgan fingerprint density at radius 1 is 1.58 bits per heavy atom. The largest absolute Gasteiger partial charge is 0.381 e. The molecule has 1 saturated heterocycles. The summed E-state index contributed by atoms with van der Waals surface area (Å²) in [4.78, 5) is 12.3. The van der Waals surface area contributed by atoms with Crippen molar-refractivity contribution in [3.05, 3.63) is 34.6 Å². The topological polar surface area (TPSA) is 50.1 Å². The zero-order valence-electron chi connectivity index (χ0n) is 10.2. The highest BCUT2D eigenvalue weighted by Gasteiger charge is 2.31. The second-order valence-electron chi connectivity index (χ2n) is 4.52. The molecule has 0 saturated carbocycles. The van der Waals surface area contributed by atoms with Gasteiger partial charge in [-0.15, -0.1) is 0 Å². The molecule has 1 aliphatic rings. The number of rotatable bonds is 3. The minimum Gasteiger partial charge on any atom is -0.381 e. The Morgan fingerprint density at radius 2 is 2.37 bits per heavy atom. The molecule has 1 heterocycles. The van der Waals surface area contributed by atoms with Crippen molar-refractivity contribution in [2.24, 2.45) is 5.92 Å². The van der Waals surface area contributed by atoms with E-state index in [1.165, 1.54) is 18.2 Å². The molecule has 3 nitrogen and oxygen atoms in total. The zero-order valence-corrected chi connectivity index (χ0v) is 11.0.